The molecule has 1 unspecified atom stereocenters. The molecule has 0 bridgehead atoms. The normalized spacial score (nSPS) is 27.2. The maximum absolute atomic E-state index is 11.8. The fourth-order valence-corrected chi connectivity index (χ4v) is 4.71. The van der Waals surface area contributed by atoms with E-state index in [0.717, 1.165) is 26.1 Å². The van der Waals surface area contributed by atoms with Crippen molar-refractivity contribution >= 4 is 9.84 Å². The molecule has 0 radical (unpaired) electrons. The van der Waals surface area contributed by atoms with Gasteiger partial charge < -0.3 is 10.6 Å². The van der Waals surface area contributed by atoms with Crippen LogP contribution in [0.5, 0.6) is 0 Å². The highest BCUT2D eigenvalue weighted by atomic mass is 32.2. The SMILES string of the molecule is CCCN(CCN(C)C)C1(CN)CCS(=O)(=O)C1. The van der Waals surface area contributed by atoms with E-state index >= 15 is 0 Å². The van der Waals surface area contributed by atoms with Crippen molar-refractivity contribution in [1.29, 1.82) is 0 Å². The van der Waals surface area contributed by atoms with E-state index in [1.807, 2.05) is 14.1 Å². The van der Waals surface area contributed by atoms with E-state index in [4.69, 9.17) is 5.73 Å². The number of sulfone groups is 1. The molecular formula is C12H27N3O2S. The molecule has 0 aliphatic carbocycles. The zero-order valence-electron chi connectivity index (χ0n) is 11.9. The average Bonchev–Trinajstić information content (AvgIpc) is 2.61. The van der Waals surface area contributed by atoms with Crippen LogP contribution < -0.4 is 5.73 Å². The van der Waals surface area contributed by atoms with E-state index in [2.05, 4.69) is 16.7 Å². The predicted octanol–water partition coefficient (Wildman–Crippen LogP) is -0.224. The summed E-state index contributed by atoms with van der Waals surface area (Å²) in [5.74, 6) is 0.510. The number of hydrogen-bond acceptors (Lipinski definition) is 5. The molecule has 0 aromatic heterocycles. The molecule has 1 aliphatic rings. The molecule has 0 aromatic rings. The first kappa shape index (κ1) is 15.9. The summed E-state index contributed by atoms with van der Waals surface area (Å²) < 4.78 is 23.5. The third kappa shape index (κ3) is 3.91. The van der Waals surface area contributed by atoms with E-state index in [-0.39, 0.29) is 17.0 Å². The van der Waals surface area contributed by atoms with Gasteiger partial charge in [0.1, 0.15) is 0 Å². The minimum Gasteiger partial charge on any atom is -0.329 e. The smallest absolute Gasteiger partial charge is 0.152 e. The Morgan fingerprint density at radius 3 is 2.28 bits per heavy atom. The third-order valence-electron chi connectivity index (χ3n) is 3.73. The van der Waals surface area contributed by atoms with Crippen LogP contribution in [-0.4, -0.2) is 75.5 Å². The lowest BCUT2D eigenvalue weighted by molar-refractivity contribution is 0.106. The van der Waals surface area contributed by atoms with Crippen LogP contribution in [0.2, 0.25) is 0 Å². The van der Waals surface area contributed by atoms with Gasteiger partial charge in [-0.1, -0.05) is 6.92 Å². The van der Waals surface area contributed by atoms with Gasteiger partial charge in [0.05, 0.1) is 11.5 Å². The number of nitrogens with zero attached hydrogens (tertiary/aromatic N) is 2. The van der Waals surface area contributed by atoms with Gasteiger partial charge in [-0.2, -0.15) is 0 Å². The van der Waals surface area contributed by atoms with Crippen molar-refractivity contribution in [2.45, 2.75) is 25.3 Å². The van der Waals surface area contributed by atoms with Gasteiger partial charge in [0.15, 0.2) is 9.84 Å². The summed E-state index contributed by atoms with van der Waals surface area (Å²) in [4.78, 5) is 4.41. The summed E-state index contributed by atoms with van der Waals surface area (Å²) in [6.45, 7) is 5.28. The monoisotopic (exact) mass is 277 g/mol. The number of likely N-dealkylation sites (N-methyl/N-ethyl adjacent to an activating group) is 1. The lowest BCUT2D eigenvalue weighted by Crippen LogP contribution is -2.56. The molecule has 1 fully saturated rings. The Bertz CT molecular complexity index is 356. The molecule has 1 aliphatic heterocycles. The van der Waals surface area contributed by atoms with Crippen LogP contribution in [0.15, 0.2) is 0 Å². The zero-order valence-corrected chi connectivity index (χ0v) is 12.7. The molecular weight excluding hydrogens is 250 g/mol. The molecule has 0 aromatic carbocycles. The quantitative estimate of drug-likeness (QED) is 0.697. The van der Waals surface area contributed by atoms with Crippen molar-refractivity contribution < 1.29 is 8.42 Å². The first-order valence-electron chi connectivity index (χ1n) is 6.65. The van der Waals surface area contributed by atoms with Gasteiger partial charge in [-0.15, -0.1) is 0 Å². The summed E-state index contributed by atoms with van der Waals surface area (Å²) >= 11 is 0. The first-order chi connectivity index (χ1) is 8.35. The largest absolute Gasteiger partial charge is 0.329 e. The predicted molar refractivity (Wildman–Crippen MR) is 75.5 cm³/mol. The highest BCUT2D eigenvalue weighted by Crippen LogP contribution is 2.29. The van der Waals surface area contributed by atoms with Crippen LogP contribution in [0, 0.1) is 0 Å². The van der Waals surface area contributed by atoms with E-state index in [1.165, 1.54) is 0 Å². The molecule has 0 amide bonds. The van der Waals surface area contributed by atoms with Crippen molar-refractivity contribution in [3.63, 3.8) is 0 Å². The Hall–Kier alpha value is -0.170. The number of hydrogen-bond donors (Lipinski definition) is 1. The van der Waals surface area contributed by atoms with Crippen molar-refractivity contribution in [3.8, 4) is 0 Å². The van der Waals surface area contributed by atoms with E-state index in [0.29, 0.717) is 13.0 Å². The molecule has 0 spiro atoms. The van der Waals surface area contributed by atoms with Crippen molar-refractivity contribution in [3.05, 3.63) is 0 Å². The average molecular weight is 277 g/mol. The summed E-state index contributed by atoms with van der Waals surface area (Å²) in [6.07, 6.45) is 1.70. The molecule has 18 heavy (non-hydrogen) atoms. The van der Waals surface area contributed by atoms with E-state index in [9.17, 15) is 8.42 Å². The Morgan fingerprint density at radius 1 is 1.22 bits per heavy atom. The molecule has 1 atom stereocenters. The van der Waals surface area contributed by atoms with Crippen LogP contribution in [0.25, 0.3) is 0 Å². The fourth-order valence-electron chi connectivity index (χ4n) is 2.62. The second-order valence-electron chi connectivity index (χ2n) is 5.56. The van der Waals surface area contributed by atoms with Gasteiger partial charge >= 0.3 is 0 Å². The van der Waals surface area contributed by atoms with Crippen LogP contribution in [0.4, 0.5) is 0 Å². The number of nitrogens with two attached hydrogens (primary N) is 1. The Balaban J connectivity index is 2.80. The molecule has 1 heterocycles. The summed E-state index contributed by atoms with van der Waals surface area (Å²) in [5.41, 5.74) is 5.58. The van der Waals surface area contributed by atoms with E-state index < -0.39 is 9.84 Å². The summed E-state index contributed by atoms with van der Waals surface area (Å²) in [5, 5.41) is 0. The molecule has 2 N–H and O–H groups in total. The maximum Gasteiger partial charge on any atom is 0.152 e. The van der Waals surface area contributed by atoms with Gasteiger partial charge in [-0.3, -0.25) is 4.90 Å². The van der Waals surface area contributed by atoms with Gasteiger partial charge in [0.25, 0.3) is 0 Å². The second-order valence-corrected chi connectivity index (χ2v) is 7.74. The fraction of sp³-hybridized carbons (Fsp3) is 1.00. The van der Waals surface area contributed by atoms with Crippen LogP contribution in [-0.2, 0) is 9.84 Å². The van der Waals surface area contributed by atoms with Crippen LogP contribution in [0.3, 0.4) is 0 Å². The minimum atomic E-state index is -2.90. The zero-order chi connectivity index (χ0) is 13.8. The highest BCUT2D eigenvalue weighted by molar-refractivity contribution is 7.91. The number of rotatable bonds is 7. The Labute approximate surface area is 111 Å². The summed E-state index contributed by atoms with van der Waals surface area (Å²) in [6, 6.07) is 0. The van der Waals surface area contributed by atoms with Gasteiger partial charge in [-0.05, 0) is 33.5 Å². The minimum absolute atomic E-state index is 0.226. The third-order valence-corrected chi connectivity index (χ3v) is 5.53. The molecule has 1 rings (SSSR count). The molecule has 5 nitrogen and oxygen atoms in total. The lowest BCUT2D eigenvalue weighted by Gasteiger charge is -2.40. The topological polar surface area (TPSA) is 66.6 Å². The highest BCUT2D eigenvalue weighted by Gasteiger charge is 2.45. The Kier molecular flexibility index (Phi) is 5.58. The molecule has 0 saturated carbocycles. The van der Waals surface area contributed by atoms with Crippen LogP contribution >= 0.6 is 0 Å². The van der Waals surface area contributed by atoms with Gasteiger partial charge in [0, 0.05) is 25.2 Å². The maximum atomic E-state index is 11.8. The Morgan fingerprint density at radius 2 is 1.89 bits per heavy atom. The van der Waals surface area contributed by atoms with Gasteiger partial charge in [-0.25, -0.2) is 8.42 Å². The lowest BCUT2D eigenvalue weighted by atomic mass is 9.96. The summed E-state index contributed by atoms with van der Waals surface area (Å²) in [7, 11) is 1.16. The standard InChI is InChI=1S/C12H27N3O2S/c1-4-6-15(8-7-14(2)3)12(10-13)5-9-18(16,17)11-12/h4-11,13H2,1-3H3. The first-order valence-corrected chi connectivity index (χ1v) is 8.47. The molecule has 1 saturated heterocycles. The van der Waals surface area contributed by atoms with Crippen LogP contribution in [0.1, 0.15) is 19.8 Å². The van der Waals surface area contributed by atoms with Crippen molar-refractivity contribution in [1.82, 2.24) is 9.80 Å². The molecule has 108 valence electrons. The van der Waals surface area contributed by atoms with Gasteiger partial charge in [0.2, 0.25) is 0 Å². The molecule has 6 heteroatoms. The van der Waals surface area contributed by atoms with Crippen molar-refractivity contribution in [2.75, 3.05) is 51.8 Å². The van der Waals surface area contributed by atoms with E-state index in [1.54, 1.807) is 0 Å². The second kappa shape index (κ2) is 6.32. The van der Waals surface area contributed by atoms with Crippen molar-refractivity contribution in [2.24, 2.45) is 5.73 Å².